The van der Waals surface area contributed by atoms with Crippen molar-refractivity contribution in [2.24, 2.45) is 0 Å². The van der Waals surface area contributed by atoms with Crippen LogP contribution in [0.2, 0.25) is 5.02 Å². The molecule has 0 atom stereocenters. The Kier molecular flexibility index (Phi) is 7.51. The molecule has 0 heterocycles. The van der Waals surface area contributed by atoms with Crippen LogP contribution >= 0.6 is 11.6 Å². The number of nitrogens with zero attached hydrogens (tertiary/aromatic N) is 1. The van der Waals surface area contributed by atoms with Gasteiger partial charge in [-0.05, 0) is 31.0 Å². The van der Waals surface area contributed by atoms with Crippen LogP contribution in [0.1, 0.15) is 12.0 Å². The van der Waals surface area contributed by atoms with Gasteiger partial charge in [-0.2, -0.15) is 5.26 Å². The molecule has 0 spiro atoms. The Bertz CT molecular complexity index is 608. The number of rotatable bonds is 8. The van der Waals surface area contributed by atoms with E-state index in [0.717, 1.165) is 5.56 Å². The molecule has 2 amide bonds. The fourth-order valence-electron chi connectivity index (χ4n) is 1.61. The van der Waals surface area contributed by atoms with Crippen molar-refractivity contribution in [2.45, 2.75) is 13.3 Å². The standard InChI is InChI=1S/C15H17ClN4O2/c1-11-13(16)4-2-5-14(11)20-15(22)12(8-17)9-18-6-3-7-19-10-21/h2,4-5,9-10,18H,3,6-7H2,1H3,(H,19,21)(H,20,22)/b12-9-. The van der Waals surface area contributed by atoms with Crippen LogP contribution in [0.4, 0.5) is 5.69 Å². The van der Waals surface area contributed by atoms with Gasteiger partial charge < -0.3 is 16.0 Å². The average Bonchev–Trinajstić information content (AvgIpc) is 2.51. The molecule has 0 unspecified atom stereocenters. The lowest BCUT2D eigenvalue weighted by atomic mass is 10.2. The third-order valence-electron chi connectivity index (χ3n) is 2.85. The number of anilines is 1. The van der Waals surface area contributed by atoms with Crippen molar-refractivity contribution >= 4 is 29.6 Å². The van der Waals surface area contributed by atoms with Crippen molar-refractivity contribution in [2.75, 3.05) is 18.4 Å². The highest BCUT2D eigenvalue weighted by molar-refractivity contribution is 6.31. The van der Waals surface area contributed by atoms with E-state index in [-0.39, 0.29) is 5.57 Å². The highest BCUT2D eigenvalue weighted by Crippen LogP contribution is 2.23. The zero-order valence-electron chi connectivity index (χ0n) is 12.1. The molecule has 0 saturated heterocycles. The number of halogens is 1. The first-order valence-electron chi connectivity index (χ1n) is 6.67. The molecular weight excluding hydrogens is 304 g/mol. The van der Waals surface area contributed by atoms with Crippen LogP contribution < -0.4 is 16.0 Å². The Balaban J connectivity index is 2.59. The van der Waals surface area contributed by atoms with E-state index in [1.54, 1.807) is 25.1 Å². The van der Waals surface area contributed by atoms with Gasteiger partial charge in [0.25, 0.3) is 5.91 Å². The highest BCUT2D eigenvalue weighted by Gasteiger charge is 2.11. The fourth-order valence-corrected chi connectivity index (χ4v) is 1.78. The zero-order chi connectivity index (χ0) is 16.4. The molecule has 1 aromatic rings. The van der Waals surface area contributed by atoms with Crippen molar-refractivity contribution < 1.29 is 9.59 Å². The van der Waals surface area contributed by atoms with Crippen molar-refractivity contribution in [3.63, 3.8) is 0 Å². The summed E-state index contributed by atoms with van der Waals surface area (Å²) in [5.74, 6) is -0.508. The van der Waals surface area contributed by atoms with E-state index in [2.05, 4.69) is 16.0 Å². The van der Waals surface area contributed by atoms with Crippen molar-refractivity contribution in [3.8, 4) is 6.07 Å². The van der Waals surface area contributed by atoms with Crippen LogP contribution in [-0.2, 0) is 9.59 Å². The third kappa shape index (κ3) is 5.46. The molecule has 0 aromatic heterocycles. The van der Waals surface area contributed by atoms with E-state index in [4.69, 9.17) is 16.9 Å². The fraction of sp³-hybridized carbons (Fsp3) is 0.267. The summed E-state index contributed by atoms with van der Waals surface area (Å²) in [6.07, 6.45) is 2.66. The molecule has 1 aromatic carbocycles. The molecule has 7 heteroatoms. The molecule has 0 radical (unpaired) electrons. The van der Waals surface area contributed by atoms with E-state index in [1.807, 2.05) is 6.07 Å². The van der Waals surface area contributed by atoms with Gasteiger partial charge in [-0.15, -0.1) is 0 Å². The molecule has 0 bridgehead atoms. The lowest BCUT2D eigenvalue weighted by molar-refractivity contribution is -0.112. The maximum absolute atomic E-state index is 12.0. The topological polar surface area (TPSA) is 94.0 Å². The van der Waals surface area contributed by atoms with Gasteiger partial charge in [0, 0.05) is 30.0 Å². The maximum atomic E-state index is 12.0. The Morgan fingerprint density at radius 3 is 2.77 bits per heavy atom. The first-order valence-corrected chi connectivity index (χ1v) is 7.05. The maximum Gasteiger partial charge on any atom is 0.267 e. The summed E-state index contributed by atoms with van der Waals surface area (Å²) in [7, 11) is 0. The number of carbonyl (C=O) groups is 2. The van der Waals surface area contributed by atoms with Gasteiger partial charge in [0.1, 0.15) is 11.6 Å². The third-order valence-corrected chi connectivity index (χ3v) is 3.26. The molecule has 116 valence electrons. The summed E-state index contributed by atoms with van der Waals surface area (Å²) >= 11 is 5.98. The summed E-state index contributed by atoms with van der Waals surface area (Å²) in [4.78, 5) is 22.1. The molecule has 0 aliphatic rings. The normalized spacial score (nSPS) is 10.5. The van der Waals surface area contributed by atoms with E-state index in [1.165, 1.54) is 6.20 Å². The summed E-state index contributed by atoms with van der Waals surface area (Å²) in [6.45, 7) is 2.85. The van der Waals surface area contributed by atoms with E-state index in [0.29, 0.717) is 36.6 Å². The van der Waals surface area contributed by atoms with E-state index < -0.39 is 5.91 Å². The van der Waals surface area contributed by atoms with Crippen molar-refractivity contribution in [1.82, 2.24) is 10.6 Å². The largest absolute Gasteiger partial charge is 0.390 e. The predicted molar refractivity (Wildman–Crippen MR) is 85.2 cm³/mol. The second-order valence-corrected chi connectivity index (χ2v) is 4.82. The molecule has 0 aliphatic heterocycles. The van der Waals surface area contributed by atoms with Crippen LogP contribution in [0.15, 0.2) is 30.0 Å². The number of amides is 2. The van der Waals surface area contributed by atoms with E-state index in [9.17, 15) is 9.59 Å². The molecule has 3 N–H and O–H groups in total. The lowest BCUT2D eigenvalue weighted by Gasteiger charge is -2.09. The minimum atomic E-state index is -0.508. The van der Waals surface area contributed by atoms with Gasteiger partial charge in [0.15, 0.2) is 0 Å². The lowest BCUT2D eigenvalue weighted by Crippen LogP contribution is -2.20. The first kappa shape index (κ1) is 17.5. The molecule has 0 saturated carbocycles. The number of nitrogens with one attached hydrogen (secondary N) is 3. The number of hydrogen-bond donors (Lipinski definition) is 3. The monoisotopic (exact) mass is 320 g/mol. The van der Waals surface area contributed by atoms with Gasteiger partial charge >= 0.3 is 0 Å². The average molecular weight is 321 g/mol. The summed E-state index contributed by atoms with van der Waals surface area (Å²) in [6, 6.07) is 7.00. The number of hydrogen-bond acceptors (Lipinski definition) is 4. The SMILES string of the molecule is Cc1c(Cl)cccc1NC(=O)/C(C#N)=C\NCCCNC=O. The predicted octanol–water partition coefficient (Wildman–Crippen LogP) is 1.72. The highest BCUT2D eigenvalue weighted by atomic mass is 35.5. The Labute approximate surface area is 134 Å². The van der Waals surface area contributed by atoms with Crippen LogP contribution in [0.3, 0.4) is 0 Å². The smallest absolute Gasteiger partial charge is 0.267 e. The minimum Gasteiger partial charge on any atom is -0.390 e. The first-order chi connectivity index (χ1) is 10.6. The van der Waals surface area contributed by atoms with Crippen LogP contribution in [0.5, 0.6) is 0 Å². The molecule has 0 fully saturated rings. The summed E-state index contributed by atoms with van der Waals surface area (Å²) in [5, 5.41) is 17.6. The van der Waals surface area contributed by atoms with Crippen LogP contribution in [-0.4, -0.2) is 25.4 Å². The van der Waals surface area contributed by atoms with Crippen molar-refractivity contribution in [3.05, 3.63) is 40.6 Å². The van der Waals surface area contributed by atoms with Gasteiger partial charge in [0.05, 0.1) is 0 Å². The Morgan fingerprint density at radius 2 is 2.09 bits per heavy atom. The second-order valence-electron chi connectivity index (χ2n) is 4.42. The van der Waals surface area contributed by atoms with Gasteiger partial charge in [0.2, 0.25) is 6.41 Å². The Hall–Kier alpha value is -2.52. The number of carbonyl (C=O) groups excluding carboxylic acids is 2. The zero-order valence-corrected chi connectivity index (χ0v) is 12.9. The summed E-state index contributed by atoms with van der Waals surface area (Å²) < 4.78 is 0. The molecule has 6 nitrogen and oxygen atoms in total. The van der Waals surface area contributed by atoms with Crippen molar-refractivity contribution in [1.29, 1.82) is 5.26 Å². The second kappa shape index (κ2) is 9.42. The summed E-state index contributed by atoms with van der Waals surface area (Å²) in [5.41, 5.74) is 1.26. The molecular formula is C15H17ClN4O2. The van der Waals surface area contributed by atoms with Crippen LogP contribution in [0.25, 0.3) is 0 Å². The minimum absolute atomic E-state index is 0.0391. The van der Waals surface area contributed by atoms with Gasteiger partial charge in [-0.3, -0.25) is 9.59 Å². The van der Waals surface area contributed by atoms with Gasteiger partial charge in [-0.1, -0.05) is 17.7 Å². The van der Waals surface area contributed by atoms with Gasteiger partial charge in [-0.25, -0.2) is 0 Å². The number of benzene rings is 1. The molecule has 0 aliphatic carbocycles. The molecule has 22 heavy (non-hydrogen) atoms. The van der Waals surface area contributed by atoms with E-state index >= 15 is 0 Å². The Morgan fingerprint density at radius 1 is 1.36 bits per heavy atom. The van der Waals surface area contributed by atoms with Crippen LogP contribution in [0, 0.1) is 18.3 Å². The molecule has 1 rings (SSSR count). The quantitative estimate of drug-likeness (QED) is 0.294. The number of nitriles is 1.